The van der Waals surface area contributed by atoms with E-state index < -0.39 is 0 Å². The first-order valence-corrected chi connectivity index (χ1v) is 3.56. The van der Waals surface area contributed by atoms with Crippen LogP contribution < -0.4 is 5.32 Å². The maximum absolute atomic E-state index is 4.09. The van der Waals surface area contributed by atoms with Crippen LogP contribution in [-0.2, 0) is 0 Å². The number of hydrogen-bond donors (Lipinski definition) is 2. The van der Waals surface area contributed by atoms with Gasteiger partial charge in [0.05, 0.1) is 0 Å². The highest BCUT2D eigenvalue weighted by Crippen LogP contribution is 2.06. The second-order valence-corrected chi connectivity index (χ2v) is 2.34. The molecule has 0 aliphatic heterocycles. The summed E-state index contributed by atoms with van der Waals surface area (Å²) in [5, 5.41) is 2.97. The zero-order valence-corrected chi connectivity index (χ0v) is 7.28. The van der Waals surface area contributed by atoms with E-state index in [0.717, 1.165) is 10.6 Å². The van der Waals surface area contributed by atoms with Crippen LogP contribution in [-0.4, -0.2) is 7.05 Å². The van der Waals surface area contributed by atoms with E-state index in [2.05, 4.69) is 24.5 Å². The average molecular weight is 155 g/mol. The molecular formula is C8H13NS. The number of thiol groups is 1. The Kier molecular flexibility index (Phi) is 4.85. The fourth-order valence-corrected chi connectivity index (χ4v) is 0.703. The molecule has 0 amide bonds. The molecule has 0 spiro atoms. The van der Waals surface area contributed by atoms with Gasteiger partial charge in [0.2, 0.25) is 0 Å². The summed E-state index contributed by atoms with van der Waals surface area (Å²) in [6, 6.07) is 0. The molecule has 0 aromatic rings. The Hall–Kier alpha value is -0.630. The number of rotatable bonds is 3. The number of likely N-dealkylation sites (N-methyl/N-ethyl adjacent to an activating group) is 1. The van der Waals surface area contributed by atoms with Crippen molar-refractivity contribution < 1.29 is 0 Å². The molecule has 0 heterocycles. The number of allylic oxidation sites excluding steroid dienone is 3. The molecule has 0 aliphatic carbocycles. The lowest BCUT2D eigenvalue weighted by atomic mass is 10.3. The molecule has 0 saturated heterocycles. The quantitative estimate of drug-likeness (QED) is 0.470. The SMILES string of the molecule is C=C(S)/C(=C\C=C/C)NC. The van der Waals surface area contributed by atoms with Crippen molar-refractivity contribution >= 4 is 12.6 Å². The van der Waals surface area contributed by atoms with Crippen molar-refractivity contribution in [2.45, 2.75) is 6.92 Å². The summed E-state index contributed by atoms with van der Waals surface area (Å²) in [5.74, 6) is 0. The largest absolute Gasteiger partial charge is 0.387 e. The Morgan fingerprint density at radius 2 is 2.20 bits per heavy atom. The molecule has 0 atom stereocenters. The molecule has 1 N–H and O–H groups in total. The lowest BCUT2D eigenvalue weighted by Crippen LogP contribution is -2.04. The highest BCUT2D eigenvalue weighted by Gasteiger charge is 1.89. The summed E-state index contributed by atoms with van der Waals surface area (Å²) < 4.78 is 0. The van der Waals surface area contributed by atoms with Crippen LogP contribution >= 0.6 is 12.6 Å². The number of nitrogens with one attached hydrogen (secondary N) is 1. The molecule has 0 saturated carbocycles. The van der Waals surface area contributed by atoms with Crippen LogP contribution in [0.3, 0.4) is 0 Å². The third-order valence-electron chi connectivity index (χ3n) is 1.04. The van der Waals surface area contributed by atoms with Crippen LogP contribution in [0.15, 0.2) is 35.4 Å². The van der Waals surface area contributed by atoms with Gasteiger partial charge in [-0.05, 0) is 13.0 Å². The highest BCUT2D eigenvalue weighted by atomic mass is 32.1. The van der Waals surface area contributed by atoms with E-state index in [1.165, 1.54) is 0 Å². The molecule has 0 fully saturated rings. The normalized spacial score (nSPS) is 12.1. The van der Waals surface area contributed by atoms with Crippen molar-refractivity contribution in [3.8, 4) is 0 Å². The van der Waals surface area contributed by atoms with Crippen LogP contribution in [0.1, 0.15) is 6.92 Å². The Balaban J connectivity index is 4.18. The van der Waals surface area contributed by atoms with Crippen molar-refractivity contribution in [2.24, 2.45) is 0 Å². The fourth-order valence-electron chi connectivity index (χ4n) is 0.516. The van der Waals surface area contributed by atoms with Gasteiger partial charge in [0.15, 0.2) is 0 Å². The monoisotopic (exact) mass is 155 g/mol. The Bertz CT molecular complexity index is 168. The lowest BCUT2D eigenvalue weighted by Gasteiger charge is -2.01. The van der Waals surface area contributed by atoms with Crippen LogP contribution in [0, 0.1) is 0 Å². The minimum atomic E-state index is 0.751. The predicted molar refractivity (Wildman–Crippen MR) is 50.1 cm³/mol. The van der Waals surface area contributed by atoms with E-state index in [-0.39, 0.29) is 0 Å². The molecule has 2 heteroatoms. The molecule has 0 aromatic heterocycles. The lowest BCUT2D eigenvalue weighted by molar-refractivity contribution is 1.03. The summed E-state index contributed by atoms with van der Waals surface area (Å²) >= 11 is 4.09. The second-order valence-electron chi connectivity index (χ2n) is 1.80. The zero-order chi connectivity index (χ0) is 7.98. The molecule has 0 unspecified atom stereocenters. The Morgan fingerprint density at radius 1 is 1.60 bits per heavy atom. The third-order valence-corrected chi connectivity index (χ3v) is 1.28. The van der Waals surface area contributed by atoms with Crippen LogP contribution in [0.5, 0.6) is 0 Å². The second kappa shape index (κ2) is 5.18. The van der Waals surface area contributed by atoms with E-state index in [4.69, 9.17) is 0 Å². The molecule has 0 aliphatic rings. The first-order valence-electron chi connectivity index (χ1n) is 3.11. The minimum absolute atomic E-state index is 0.751. The van der Waals surface area contributed by atoms with Crippen LogP contribution in [0.4, 0.5) is 0 Å². The van der Waals surface area contributed by atoms with Crippen LogP contribution in [0.2, 0.25) is 0 Å². The Labute approximate surface area is 67.9 Å². The highest BCUT2D eigenvalue weighted by molar-refractivity contribution is 7.84. The van der Waals surface area contributed by atoms with Gasteiger partial charge in [-0.25, -0.2) is 0 Å². The van der Waals surface area contributed by atoms with E-state index in [0.29, 0.717) is 0 Å². The van der Waals surface area contributed by atoms with Crippen molar-refractivity contribution in [3.63, 3.8) is 0 Å². The van der Waals surface area contributed by atoms with E-state index in [1.807, 2.05) is 32.2 Å². The van der Waals surface area contributed by atoms with Crippen LogP contribution in [0.25, 0.3) is 0 Å². The predicted octanol–water partition coefficient (Wildman–Crippen LogP) is 2.11. The summed E-state index contributed by atoms with van der Waals surface area (Å²) in [6.07, 6.45) is 5.82. The molecule has 0 rings (SSSR count). The van der Waals surface area contributed by atoms with Gasteiger partial charge in [-0.2, -0.15) is 0 Å². The molecule has 1 nitrogen and oxygen atoms in total. The molecule has 0 aromatic carbocycles. The molecule has 0 bridgehead atoms. The molecule has 10 heavy (non-hydrogen) atoms. The molecule has 0 radical (unpaired) electrons. The Morgan fingerprint density at radius 3 is 2.50 bits per heavy atom. The third kappa shape index (κ3) is 3.41. The van der Waals surface area contributed by atoms with E-state index >= 15 is 0 Å². The summed E-state index contributed by atoms with van der Waals surface area (Å²) in [5.41, 5.74) is 0.946. The van der Waals surface area contributed by atoms with Gasteiger partial charge < -0.3 is 5.32 Å². The summed E-state index contributed by atoms with van der Waals surface area (Å²) in [4.78, 5) is 0.751. The first kappa shape index (κ1) is 9.37. The first-order chi connectivity index (χ1) is 4.72. The van der Waals surface area contributed by atoms with Gasteiger partial charge in [-0.3, -0.25) is 0 Å². The van der Waals surface area contributed by atoms with Gasteiger partial charge in [0.25, 0.3) is 0 Å². The van der Waals surface area contributed by atoms with Gasteiger partial charge in [-0.1, -0.05) is 18.7 Å². The molecule has 56 valence electrons. The molecular weight excluding hydrogens is 142 g/mol. The van der Waals surface area contributed by atoms with Crippen molar-refractivity contribution in [1.29, 1.82) is 0 Å². The van der Waals surface area contributed by atoms with Crippen molar-refractivity contribution in [1.82, 2.24) is 5.32 Å². The van der Waals surface area contributed by atoms with E-state index in [9.17, 15) is 0 Å². The maximum atomic E-state index is 4.09. The van der Waals surface area contributed by atoms with Gasteiger partial charge in [0.1, 0.15) is 0 Å². The van der Waals surface area contributed by atoms with Crippen molar-refractivity contribution in [2.75, 3.05) is 7.05 Å². The zero-order valence-electron chi connectivity index (χ0n) is 6.39. The summed E-state index contributed by atoms with van der Waals surface area (Å²) in [7, 11) is 1.84. The smallest absolute Gasteiger partial charge is 0.0466 e. The topological polar surface area (TPSA) is 12.0 Å². The average Bonchev–Trinajstić information content (AvgIpc) is 1.89. The summed E-state index contributed by atoms with van der Waals surface area (Å²) in [6.45, 7) is 5.64. The van der Waals surface area contributed by atoms with Gasteiger partial charge in [-0.15, -0.1) is 12.6 Å². The van der Waals surface area contributed by atoms with E-state index in [1.54, 1.807) is 0 Å². The van der Waals surface area contributed by atoms with Crippen molar-refractivity contribution in [3.05, 3.63) is 35.4 Å². The standard InChI is InChI=1S/C8H13NS/c1-4-5-6-8(9-3)7(2)10/h4-6,9-10H,2H2,1,3H3/b5-4-,8-6+. The van der Waals surface area contributed by atoms with Gasteiger partial charge >= 0.3 is 0 Å². The minimum Gasteiger partial charge on any atom is -0.387 e. The van der Waals surface area contributed by atoms with Gasteiger partial charge in [0, 0.05) is 17.6 Å². The number of hydrogen-bond acceptors (Lipinski definition) is 2. The fraction of sp³-hybridized carbons (Fsp3) is 0.250. The maximum Gasteiger partial charge on any atom is 0.0466 e.